The molecule has 26 heavy (non-hydrogen) atoms. The zero-order valence-corrected chi connectivity index (χ0v) is 16.1. The van der Waals surface area contributed by atoms with Crippen molar-refractivity contribution in [3.63, 3.8) is 0 Å². The number of ether oxygens (including phenoxy) is 1. The molecule has 5 nitrogen and oxygen atoms in total. The summed E-state index contributed by atoms with van der Waals surface area (Å²) in [5.41, 5.74) is 4.45. The standard InChI is InChI=1S/C20H25ClN4O/c1-13-4-3-11-25(13)20-23-17-8-10-22-9-7-15(17)19(24-20)14-5-6-18(26-2)16(21)12-14/h5-6,12-13,22H,3-4,7-11H2,1-2H3. The highest BCUT2D eigenvalue weighted by atomic mass is 35.5. The molecule has 1 atom stereocenters. The Bertz CT molecular complexity index is 811. The van der Waals surface area contributed by atoms with Gasteiger partial charge < -0.3 is 15.0 Å². The summed E-state index contributed by atoms with van der Waals surface area (Å²) in [6.45, 7) is 5.20. The van der Waals surface area contributed by atoms with Crippen LogP contribution < -0.4 is 15.0 Å². The fourth-order valence-electron chi connectivity index (χ4n) is 3.94. The van der Waals surface area contributed by atoms with Crippen LogP contribution in [-0.4, -0.2) is 42.8 Å². The topological polar surface area (TPSA) is 50.3 Å². The first-order valence-electron chi connectivity index (χ1n) is 9.38. The summed E-state index contributed by atoms with van der Waals surface area (Å²) < 4.78 is 5.30. The normalized spacial score (nSPS) is 20.0. The zero-order chi connectivity index (χ0) is 18.1. The van der Waals surface area contributed by atoms with E-state index in [1.54, 1.807) is 7.11 Å². The van der Waals surface area contributed by atoms with Crippen molar-refractivity contribution < 1.29 is 4.74 Å². The fraction of sp³-hybridized carbons (Fsp3) is 0.500. The number of rotatable bonds is 3. The zero-order valence-electron chi connectivity index (χ0n) is 15.4. The molecule has 0 radical (unpaired) electrons. The average molecular weight is 373 g/mol. The van der Waals surface area contributed by atoms with Crippen molar-refractivity contribution in [3.05, 3.63) is 34.5 Å². The lowest BCUT2D eigenvalue weighted by Gasteiger charge is -2.24. The summed E-state index contributed by atoms with van der Waals surface area (Å²) in [6.07, 6.45) is 4.27. The molecule has 1 aromatic carbocycles. The van der Waals surface area contributed by atoms with E-state index in [2.05, 4.69) is 17.1 Å². The van der Waals surface area contributed by atoms with E-state index < -0.39 is 0 Å². The van der Waals surface area contributed by atoms with Crippen LogP contribution in [0.25, 0.3) is 11.3 Å². The van der Waals surface area contributed by atoms with Crippen LogP contribution in [0.3, 0.4) is 0 Å². The van der Waals surface area contributed by atoms with Crippen LogP contribution in [0.2, 0.25) is 5.02 Å². The van der Waals surface area contributed by atoms with E-state index in [9.17, 15) is 0 Å². The molecule has 0 amide bonds. The van der Waals surface area contributed by atoms with Gasteiger partial charge in [-0.1, -0.05) is 11.6 Å². The number of hydrogen-bond acceptors (Lipinski definition) is 5. The number of halogens is 1. The number of anilines is 1. The summed E-state index contributed by atoms with van der Waals surface area (Å²) in [7, 11) is 1.64. The summed E-state index contributed by atoms with van der Waals surface area (Å²) in [5, 5.41) is 4.08. The highest BCUT2D eigenvalue weighted by Gasteiger charge is 2.26. The number of benzene rings is 1. The Balaban J connectivity index is 1.84. The van der Waals surface area contributed by atoms with Gasteiger partial charge in [-0.15, -0.1) is 0 Å². The summed E-state index contributed by atoms with van der Waals surface area (Å²) in [5.74, 6) is 1.54. The molecule has 0 saturated carbocycles. The smallest absolute Gasteiger partial charge is 0.226 e. The highest BCUT2D eigenvalue weighted by Crippen LogP contribution is 2.34. The van der Waals surface area contributed by atoms with E-state index in [1.165, 1.54) is 24.1 Å². The Morgan fingerprint density at radius 1 is 1.23 bits per heavy atom. The van der Waals surface area contributed by atoms with E-state index in [0.717, 1.165) is 49.7 Å². The van der Waals surface area contributed by atoms with Crippen molar-refractivity contribution in [2.75, 3.05) is 31.6 Å². The van der Waals surface area contributed by atoms with Crippen LogP contribution in [0.4, 0.5) is 5.95 Å². The van der Waals surface area contributed by atoms with Crippen LogP contribution >= 0.6 is 11.6 Å². The number of fused-ring (bicyclic) bond motifs is 1. The SMILES string of the molecule is COc1ccc(-c2nc(N3CCCC3C)nc3c2CCNCC3)cc1Cl. The molecule has 0 bridgehead atoms. The molecule has 1 unspecified atom stereocenters. The van der Waals surface area contributed by atoms with Gasteiger partial charge in [0.25, 0.3) is 0 Å². The lowest BCUT2D eigenvalue weighted by Crippen LogP contribution is -2.29. The van der Waals surface area contributed by atoms with Gasteiger partial charge in [0.2, 0.25) is 5.95 Å². The Labute approximate surface area is 159 Å². The second-order valence-corrected chi connectivity index (χ2v) is 7.49. The third-order valence-corrected chi connectivity index (χ3v) is 5.70. The first kappa shape index (κ1) is 17.6. The molecule has 0 aliphatic carbocycles. The molecule has 4 rings (SSSR count). The van der Waals surface area contributed by atoms with Crippen molar-refractivity contribution >= 4 is 17.5 Å². The van der Waals surface area contributed by atoms with Crippen LogP contribution in [0.15, 0.2) is 18.2 Å². The van der Waals surface area contributed by atoms with Gasteiger partial charge in [-0.25, -0.2) is 9.97 Å². The molecule has 2 aliphatic heterocycles. The van der Waals surface area contributed by atoms with E-state index in [-0.39, 0.29) is 0 Å². The molecule has 1 aromatic heterocycles. The molecule has 0 spiro atoms. The van der Waals surface area contributed by atoms with Crippen molar-refractivity contribution in [3.8, 4) is 17.0 Å². The van der Waals surface area contributed by atoms with Gasteiger partial charge in [0, 0.05) is 36.7 Å². The molecule has 2 aromatic rings. The minimum atomic E-state index is 0.490. The Hall–Kier alpha value is -1.85. The molecule has 1 fully saturated rings. The maximum Gasteiger partial charge on any atom is 0.226 e. The van der Waals surface area contributed by atoms with Gasteiger partial charge in [-0.3, -0.25) is 0 Å². The van der Waals surface area contributed by atoms with Crippen molar-refractivity contribution in [2.45, 2.75) is 38.6 Å². The van der Waals surface area contributed by atoms with Crippen molar-refractivity contribution in [2.24, 2.45) is 0 Å². The molecule has 138 valence electrons. The maximum absolute atomic E-state index is 6.39. The van der Waals surface area contributed by atoms with E-state index in [0.29, 0.717) is 16.8 Å². The predicted molar refractivity (Wildman–Crippen MR) is 105 cm³/mol. The average Bonchev–Trinajstić information content (AvgIpc) is 2.93. The second-order valence-electron chi connectivity index (χ2n) is 7.08. The Morgan fingerprint density at radius 2 is 2.08 bits per heavy atom. The van der Waals surface area contributed by atoms with Crippen LogP contribution in [0, 0.1) is 0 Å². The van der Waals surface area contributed by atoms with Gasteiger partial charge in [0.15, 0.2) is 0 Å². The molecule has 6 heteroatoms. The highest BCUT2D eigenvalue weighted by molar-refractivity contribution is 6.32. The van der Waals surface area contributed by atoms with E-state index in [4.69, 9.17) is 26.3 Å². The third-order valence-electron chi connectivity index (χ3n) is 5.41. The van der Waals surface area contributed by atoms with E-state index >= 15 is 0 Å². The largest absolute Gasteiger partial charge is 0.495 e. The van der Waals surface area contributed by atoms with Crippen LogP contribution in [0.5, 0.6) is 5.75 Å². The van der Waals surface area contributed by atoms with Gasteiger partial charge in [-0.05, 0) is 50.9 Å². The van der Waals surface area contributed by atoms with Crippen molar-refractivity contribution in [1.29, 1.82) is 0 Å². The Kier molecular flexibility index (Phi) is 5.00. The minimum absolute atomic E-state index is 0.490. The fourth-order valence-corrected chi connectivity index (χ4v) is 4.20. The number of hydrogen-bond donors (Lipinski definition) is 1. The number of aromatic nitrogens is 2. The monoisotopic (exact) mass is 372 g/mol. The number of nitrogens with zero attached hydrogens (tertiary/aromatic N) is 3. The molecule has 2 aliphatic rings. The van der Waals surface area contributed by atoms with E-state index in [1.807, 2.05) is 18.2 Å². The van der Waals surface area contributed by atoms with Crippen molar-refractivity contribution in [1.82, 2.24) is 15.3 Å². The molecule has 1 N–H and O–H groups in total. The summed E-state index contributed by atoms with van der Waals surface area (Å²) in [4.78, 5) is 12.3. The maximum atomic E-state index is 6.39. The minimum Gasteiger partial charge on any atom is -0.495 e. The number of nitrogens with one attached hydrogen (secondary N) is 1. The van der Waals surface area contributed by atoms with Gasteiger partial charge in [0.05, 0.1) is 23.5 Å². The predicted octanol–water partition coefficient (Wildman–Crippen LogP) is 3.48. The quantitative estimate of drug-likeness (QED) is 0.893. The number of methoxy groups -OCH3 is 1. The molecular formula is C20H25ClN4O. The molecular weight excluding hydrogens is 348 g/mol. The lowest BCUT2D eigenvalue weighted by molar-refractivity contribution is 0.415. The van der Waals surface area contributed by atoms with Crippen LogP contribution in [0.1, 0.15) is 31.0 Å². The first-order valence-corrected chi connectivity index (χ1v) is 9.76. The second kappa shape index (κ2) is 7.41. The van der Waals surface area contributed by atoms with Crippen LogP contribution in [-0.2, 0) is 12.8 Å². The summed E-state index contributed by atoms with van der Waals surface area (Å²) in [6, 6.07) is 6.41. The van der Waals surface area contributed by atoms with Gasteiger partial charge >= 0.3 is 0 Å². The third kappa shape index (κ3) is 3.26. The lowest BCUT2D eigenvalue weighted by atomic mass is 10.0. The molecule has 1 saturated heterocycles. The van der Waals surface area contributed by atoms with Gasteiger partial charge in [0.1, 0.15) is 5.75 Å². The summed E-state index contributed by atoms with van der Waals surface area (Å²) >= 11 is 6.39. The first-order chi connectivity index (χ1) is 12.7. The van der Waals surface area contributed by atoms with Gasteiger partial charge in [-0.2, -0.15) is 0 Å². The Morgan fingerprint density at radius 3 is 2.81 bits per heavy atom. The molecule has 3 heterocycles.